The van der Waals surface area contributed by atoms with Crippen LogP contribution in [0.5, 0.6) is 0 Å². The van der Waals surface area contributed by atoms with Crippen LogP contribution in [-0.2, 0) is 10.9 Å². The lowest BCUT2D eigenvalue weighted by Gasteiger charge is -2.48. The summed E-state index contributed by atoms with van der Waals surface area (Å²) >= 11 is 0. The zero-order valence-electron chi connectivity index (χ0n) is 17.9. The van der Waals surface area contributed by atoms with Gasteiger partial charge in [0.25, 0.3) is 11.9 Å². The Hall–Kier alpha value is -2.80. The van der Waals surface area contributed by atoms with Crippen LogP contribution in [0.2, 0.25) is 0 Å². The maximum Gasteiger partial charge on any atom is 0.435 e. The van der Waals surface area contributed by atoms with Gasteiger partial charge in [-0.25, -0.2) is 14.1 Å². The van der Waals surface area contributed by atoms with E-state index >= 15 is 0 Å². The molecule has 3 heterocycles. The molecule has 2 aromatic heterocycles. The van der Waals surface area contributed by atoms with Crippen molar-refractivity contribution >= 4 is 11.7 Å². The largest absolute Gasteiger partial charge is 0.435 e. The van der Waals surface area contributed by atoms with Gasteiger partial charge in [0.2, 0.25) is 0 Å². The van der Waals surface area contributed by atoms with Crippen molar-refractivity contribution in [1.29, 1.82) is 0 Å². The summed E-state index contributed by atoms with van der Waals surface area (Å²) < 4.78 is 60.4. The first-order valence-electron chi connectivity index (χ1n) is 10.8. The minimum absolute atomic E-state index is 0.217. The van der Waals surface area contributed by atoms with Gasteiger partial charge in [-0.05, 0) is 12.8 Å². The van der Waals surface area contributed by atoms with Crippen molar-refractivity contribution in [2.24, 2.45) is 0 Å². The molecule has 33 heavy (non-hydrogen) atoms. The molecular formula is C20H25F4N7O2. The lowest BCUT2D eigenvalue weighted by Crippen LogP contribution is -2.59. The molecule has 9 nitrogen and oxygen atoms in total. The number of nitrogens with zero attached hydrogens (tertiary/aromatic N) is 5. The second-order valence-electron chi connectivity index (χ2n) is 8.30. The number of nitrogens with two attached hydrogens (primary N) is 1. The van der Waals surface area contributed by atoms with Crippen LogP contribution in [0.15, 0.2) is 12.4 Å². The Labute approximate surface area is 187 Å². The Morgan fingerprint density at radius 2 is 1.91 bits per heavy atom. The molecule has 2 aliphatic rings. The third-order valence-corrected chi connectivity index (χ3v) is 6.23. The smallest absolute Gasteiger partial charge is 0.381 e. The summed E-state index contributed by atoms with van der Waals surface area (Å²) in [4.78, 5) is 22.4. The van der Waals surface area contributed by atoms with Gasteiger partial charge < -0.3 is 15.8 Å². The van der Waals surface area contributed by atoms with Crippen LogP contribution in [-0.4, -0.2) is 68.9 Å². The number of hydrogen-bond acceptors (Lipinski definition) is 7. The summed E-state index contributed by atoms with van der Waals surface area (Å²) in [5, 5.41) is 6.15. The van der Waals surface area contributed by atoms with Crippen LogP contribution in [0.3, 0.4) is 0 Å². The number of nitrogens with one attached hydrogen (secondary N) is 1. The summed E-state index contributed by atoms with van der Waals surface area (Å²) in [6.07, 6.45) is 1.48. The minimum Gasteiger partial charge on any atom is -0.381 e. The quantitative estimate of drug-likeness (QED) is 0.643. The van der Waals surface area contributed by atoms with E-state index in [0.29, 0.717) is 31.0 Å². The van der Waals surface area contributed by atoms with Gasteiger partial charge in [-0.15, -0.1) is 0 Å². The molecule has 1 saturated carbocycles. The molecule has 0 spiro atoms. The molecule has 3 N–H and O–H groups in total. The first kappa shape index (κ1) is 23.4. The van der Waals surface area contributed by atoms with Gasteiger partial charge in [0.1, 0.15) is 0 Å². The van der Waals surface area contributed by atoms with Crippen molar-refractivity contribution in [3.63, 3.8) is 0 Å². The highest BCUT2D eigenvalue weighted by atomic mass is 19.4. The maximum atomic E-state index is 13.6. The van der Waals surface area contributed by atoms with Crippen LogP contribution >= 0.6 is 0 Å². The maximum absolute atomic E-state index is 13.6. The number of halogens is 4. The zero-order valence-corrected chi connectivity index (χ0v) is 17.9. The molecule has 0 atom stereocenters. The molecule has 1 saturated heterocycles. The number of rotatable bonds is 5. The molecule has 0 unspecified atom stereocenters. The molecule has 2 fully saturated rings. The lowest BCUT2D eigenvalue weighted by molar-refractivity contribution is -0.141. The summed E-state index contributed by atoms with van der Waals surface area (Å²) in [6, 6.07) is 0. The Kier molecular flexibility index (Phi) is 6.52. The van der Waals surface area contributed by atoms with Gasteiger partial charge in [0, 0.05) is 31.4 Å². The van der Waals surface area contributed by atoms with Gasteiger partial charge >= 0.3 is 6.18 Å². The van der Waals surface area contributed by atoms with Gasteiger partial charge in [-0.1, -0.05) is 19.3 Å². The standard InChI is InChI=1S/C20H25F4N7O2/c21-14-10-26-18(28-16(14)25)31-11-13(15(29-31)20(22,23)24)17(32)27-12-19(4-2-1-3-5-19)30-6-8-33-9-7-30/h10-11H,1-9,12H2,(H,27,32)(H2,25,26,28). The number of ether oxygens (including phenoxy) is 1. The molecule has 13 heteroatoms. The van der Waals surface area contributed by atoms with Crippen molar-refractivity contribution in [3.05, 3.63) is 29.5 Å². The van der Waals surface area contributed by atoms with Crippen molar-refractivity contribution in [3.8, 4) is 5.95 Å². The van der Waals surface area contributed by atoms with E-state index in [4.69, 9.17) is 10.5 Å². The number of morpholine rings is 1. The van der Waals surface area contributed by atoms with E-state index < -0.39 is 35.0 Å². The predicted molar refractivity (Wildman–Crippen MR) is 109 cm³/mol. The molecule has 1 aliphatic carbocycles. The molecule has 0 aromatic carbocycles. The molecule has 0 bridgehead atoms. The average Bonchev–Trinajstić information content (AvgIpc) is 3.27. The summed E-state index contributed by atoms with van der Waals surface area (Å²) in [7, 11) is 0. The van der Waals surface area contributed by atoms with Crippen LogP contribution < -0.4 is 11.1 Å². The second-order valence-corrected chi connectivity index (χ2v) is 8.30. The van der Waals surface area contributed by atoms with E-state index in [0.717, 1.165) is 44.5 Å². The SMILES string of the molecule is Nc1nc(-n2cc(C(=O)NCC3(N4CCOCC4)CCCCC3)c(C(F)(F)F)n2)ncc1F. The number of aromatic nitrogens is 4. The molecule has 1 aliphatic heterocycles. The van der Waals surface area contributed by atoms with Gasteiger partial charge in [0.05, 0.1) is 25.0 Å². The fraction of sp³-hybridized carbons (Fsp3) is 0.600. The van der Waals surface area contributed by atoms with E-state index in [9.17, 15) is 22.4 Å². The third kappa shape index (κ3) is 4.93. The summed E-state index contributed by atoms with van der Waals surface area (Å²) in [5.41, 5.74) is 3.02. The molecular weight excluding hydrogens is 446 g/mol. The summed E-state index contributed by atoms with van der Waals surface area (Å²) in [6.45, 7) is 2.81. The Balaban J connectivity index is 1.58. The monoisotopic (exact) mass is 471 g/mol. The predicted octanol–water partition coefficient (Wildman–Crippen LogP) is 2.17. The molecule has 4 rings (SSSR count). The number of carbonyl (C=O) groups excluding carboxylic acids is 1. The van der Waals surface area contributed by atoms with Gasteiger partial charge in [-0.3, -0.25) is 9.69 Å². The van der Waals surface area contributed by atoms with Crippen molar-refractivity contribution < 1.29 is 27.1 Å². The van der Waals surface area contributed by atoms with Gasteiger partial charge in [-0.2, -0.15) is 23.3 Å². The van der Waals surface area contributed by atoms with Crippen molar-refractivity contribution in [1.82, 2.24) is 30.0 Å². The normalized spacial score (nSPS) is 19.4. The Bertz CT molecular complexity index is 999. The number of nitrogen functional groups attached to an aromatic ring is 1. The minimum atomic E-state index is -4.89. The first-order chi connectivity index (χ1) is 15.7. The van der Waals surface area contributed by atoms with Crippen LogP contribution in [0.1, 0.15) is 48.2 Å². The Morgan fingerprint density at radius 3 is 2.55 bits per heavy atom. The van der Waals surface area contributed by atoms with Crippen LogP contribution in [0, 0.1) is 5.82 Å². The fourth-order valence-electron chi connectivity index (χ4n) is 4.53. The number of anilines is 1. The molecule has 2 aromatic rings. The zero-order chi connectivity index (χ0) is 23.6. The van der Waals surface area contributed by atoms with Gasteiger partial charge in [0.15, 0.2) is 17.3 Å². The lowest BCUT2D eigenvalue weighted by atomic mass is 9.79. The topological polar surface area (TPSA) is 111 Å². The number of hydrogen-bond donors (Lipinski definition) is 2. The fourth-order valence-corrected chi connectivity index (χ4v) is 4.53. The second kappa shape index (κ2) is 9.21. The highest BCUT2D eigenvalue weighted by Crippen LogP contribution is 2.35. The third-order valence-electron chi connectivity index (χ3n) is 6.23. The molecule has 0 radical (unpaired) electrons. The highest BCUT2D eigenvalue weighted by molar-refractivity contribution is 5.95. The number of carbonyl (C=O) groups is 1. The average molecular weight is 471 g/mol. The number of alkyl halides is 3. The van der Waals surface area contributed by atoms with Crippen molar-refractivity contribution in [2.75, 3.05) is 38.6 Å². The van der Waals surface area contributed by atoms with E-state index in [-0.39, 0.29) is 18.0 Å². The van der Waals surface area contributed by atoms with E-state index in [1.807, 2.05) is 0 Å². The van der Waals surface area contributed by atoms with Crippen molar-refractivity contribution in [2.45, 2.75) is 43.8 Å². The van der Waals surface area contributed by atoms with Crippen LogP contribution in [0.25, 0.3) is 5.95 Å². The van der Waals surface area contributed by atoms with E-state index in [2.05, 4.69) is 25.3 Å². The van der Waals surface area contributed by atoms with E-state index in [1.165, 1.54) is 0 Å². The first-order valence-corrected chi connectivity index (χ1v) is 10.8. The number of amides is 1. The van der Waals surface area contributed by atoms with Crippen LogP contribution in [0.4, 0.5) is 23.4 Å². The molecule has 180 valence electrons. The Morgan fingerprint density at radius 1 is 1.21 bits per heavy atom. The highest BCUT2D eigenvalue weighted by Gasteiger charge is 2.42. The molecule has 1 amide bonds. The van der Waals surface area contributed by atoms with E-state index in [1.54, 1.807) is 0 Å². The summed E-state index contributed by atoms with van der Waals surface area (Å²) in [5.74, 6) is -2.74.